The van der Waals surface area contributed by atoms with Crippen LogP contribution in [-0.4, -0.2) is 26.4 Å². The number of nitrogens with zero attached hydrogens (tertiary/aromatic N) is 5. The minimum Gasteiger partial charge on any atom is -0.325 e. The molecule has 0 aliphatic heterocycles. The number of azo groups is 1. The zero-order valence-corrected chi connectivity index (χ0v) is 16.3. The van der Waals surface area contributed by atoms with Crippen LogP contribution >= 0.6 is 11.8 Å². The molecule has 1 aromatic heterocycles. The second-order valence-corrected chi connectivity index (χ2v) is 7.49. The second-order valence-electron chi connectivity index (χ2n) is 6.55. The summed E-state index contributed by atoms with van der Waals surface area (Å²) in [6.45, 7) is 1.95. The molecule has 0 unspecified atom stereocenters. The van der Waals surface area contributed by atoms with Crippen LogP contribution in [0.15, 0.2) is 70.0 Å². The summed E-state index contributed by atoms with van der Waals surface area (Å²) >= 11 is 1.42. The fourth-order valence-corrected chi connectivity index (χ4v) is 3.60. The molecule has 4 rings (SSSR count). The van der Waals surface area contributed by atoms with Gasteiger partial charge < -0.3 is 9.88 Å². The molecule has 1 N–H and O–H groups in total. The van der Waals surface area contributed by atoms with E-state index in [-0.39, 0.29) is 5.91 Å². The van der Waals surface area contributed by atoms with E-state index in [1.807, 2.05) is 61.5 Å². The summed E-state index contributed by atoms with van der Waals surface area (Å²) in [5.74, 6) is 1.12. The molecule has 0 saturated heterocycles. The molecule has 2 aromatic carbocycles. The normalized spacial score (nSPS) is 13.8. The standard InChI is InChI=1S/C20H20N6OS/c1-14-22-25-20(26(14)18-11-12-18)28-13-19(27)21-15-7-9-17(10-8-15)24-23-16-5-3-2-4-6-16/h2-10,18H,11-13H2,1H3,(H,21,27). The minimum absolute atomic E-state index is 0.0772. The van der Waals surface area contributed by atoms with Gasteiger partial charge in [-0.3, -0.25) is 4.79 Å². The van der Waals surface area contributed by atoms with Crippen molar-refractivity contribution in [3.63, 3.8) is 0 Å². The molecule has 28 heavy (non-hydrogen) atoms. The van der Waals surface area contributed by atoms with Crippen molar-refractivity contribution in [1.29, 1.82) is 0 Å². The van der Waals surface area contributed by atoms with E-state index in [0.717, 1.165) is 40.9 Å². The third-order valence-corrected chi connectivity index (χ3v) is 5.21. The Morgan fingerprint density at radius 3 is 2.43 bits per heavy atom. The van der Waals surface area contributed by atoms with Gasteiger partial charge in [-0.25, -0.2) is 0 Å². The molecule has 1 aliphatic carbocycles. The lowest BCUT2D eigenvalue weighted by molar-refractivity contribution is -0.113. The largest absolute Gasteiger partial charge is 0.325 e. The van der Waals surface area contributed by atoms with Gasteiger partial charge in [0, 0.05) is 11.7 Å². The van der Waals surface area contributed by atoms with Crippen molar-refractivity contribution in [3.8, 4) is 0 Å². The molecule has 1 fully saturated rings. The van der Waals surface area contributed by atoms with Crippen LogP contribution in [0.4, 0.5) is 17.1 Å². The lowest BCUT2D eigenvalue weighted by Gasteiger charge is -2.07. The van der Waals surface area contributed by atoms with Crippen molar-refractivity contribution in [3.05, 3.63) is 60.4 Å². The van der Waals surface area contributed by atoms with Crippen LogP contribution in [0.2, 0.25) is 0 Å². The maximum atomic E-state index is 12.3. The van der Waals surface area contributed by atoms with Crippen LogP contribution in [0, 0.1) is 6.92 Å². The fourth-order valence-electron chi connectivity index (χ4n) is 2.75. The van der Waals surface area contributed by atoms with Gasteiger partial charge in [-0.05, 0) is 56.2 Å². The smallest absolute Gasteiger partial charge is 0.234 e. The zero-order valence-electron chi connectivity index (χ0n) is 15.4. The van der Waals surface area contributed by atoms with Gasteiger partial charge in [0.25, 0.3) is 0 Å². The summed E-state index contributed by atoms with van der Waals surface area (Å²) in [4.78, 5) is 12.3. The maximum Gasteiger partial charge on any atom is 0.234 e. The van der Waals surface area contributed by atoms with E-state index < -0.39 is 0 Å². The maximum absolute atomic E-state index is 12.3. The minimum atomic E-state index is -0.0772. The van der Waals surface area contributed by atoms with Gasteiger partial charge in [-0.15, -0.1) is 10.2 Å². The van der Waals surface area contributed by atoms with E-state index in [9.17, 15) is 4.79 Å². The molecule has 8 heteroatoms. The predicted octanol–water partition coefficient (Wildman–Crippen LogP) is 5.07. The van der Waals surface area contributed by atoms with E-state index >= 15 is 0 Å². The number of hydrogen-bond acceptors (Lipinski definition) is 6. The van der Waals surface area contributed by atoms with Gasteiger partial charge in [0.15, 0.2) is 5.16 Å². The first-order valence-corrected chi connectivity index (χ1v) is 10.1. The zero-order chi connectivity index (χ0) is 19.3. The van der Waals surface area contributed by atoms with Crippen molar-refractivity contribution in [2.45, 2.75) is 31.0 Å². The number of aromatic nitrogens is 3. The highest BCUT2D eigenvalue weighted by molar-refractivity contribution is 7.99. The van der Waals surface area contributed by atoms with Gasteiger partial charge in [0.1, 0.15) is 5.82 Å². The molecule has 0 atom stereocenters. The van der Waals surface area contributed by atoms with E-state index in [2.05, 4.69) is 30.3 Å². The van der Waals surface area contributed by atoms with Crippen molar-refractivity contribution in [1.82, 2.24) is 14.8 Å². The van der Waals surface area contributed by atoms with Crippen molar-refractivity contribution < 1.29 is 4.79 Å². The quantitative estimate of drug-likeness (QED) is 0.449. The fraction of sp³-hybridized carbons (Fsp3) is 0.250. The number of carbonyl (C=O) groups is 1. The topological polar surface area (TPSA) is 84.5 Å². The van der Waals surface area contributed by atoms with Crippen LogP contribution in [-0.2, 0) is 4.79 Å². The molecule has 7 nitrogen and oxygen atoms in total. The number of rotatable bonds is 7. The number of carbonyl (C=O) groups excluding carboxylic acids is 1. The van der Waals surface area contributed by atoms with Crippen LogP contribution in [0.25, 0.3) is 0 Å². The number of hydrogen-bond donors (Lipinski definition) is 1. The Hall–Kier alpha value is -3.00. The molecule has 1 aliphatic rings. The highest BCUT2D eigenvalue weighted by Gasteiger charge is 2.28. The van der Waals surface area contributed by atoms with Gasteiger partial charge in [0.2, 0.25) is 5.91 Å². The van der Waals surface area contributed by atoms with E-state index in [0.29, 0.717) is 11.8 Å². The first kappa shape index (κ1) is 18.4. The Bertz CT molecular complexity index is 980. The highest BCUT2D eigenvalue weighted by atomic mass is 32.2. The molecule has 142 valence electrons. The van der Waals surface area contributed by atoms with E-state index in [4.69, 9.17) is 0 Å². The predicted molar refractivity (Wildman–Crippen MR) is 109 cm³/mol. The number of nitrogens with one attached hydrogen (secondary N) is 1. The van der Waals surface area contributed by atoms with Crippen LogP contribution in [0.3, 0.4) is 0 Å². The van der Waals surface area contributed by atoms with Gasteiger partial charge in [0.05, 0.1) is 17.1 Å². The molecular weight excluding hydrogens is 372 g/mol. The average Bonchev–Trinajstić information content (AvgIpc) is 3.49. The Kier molecular flexibility index (Phi) is 5.48. The lowest BCUT2D eigenvalue weighted by Crippen LogP contribution is -2.14. The summed E-state index contributed by atoms with van der Waals surface area (Å²) in [5, 5.41) is 20.4. The monoisotopic (exact) mass is 392 g/mol. The van der Waals surface area contributed by atoms with Crippen molar-refractivity contribution in [2.75, 3.05) is 11.1 Å². The third-order valence-electron chi connectivity index (χ3n) is 4.27. The summed E-state index contributed by atoms with van der Waals surface area (Å²) in [6, 6.07) is 17.3. The first-order valence-electron chi connectivity index (χ1n) is 9.10. The van der Waals surface area contributed by atoms with Crippen LogP contribution < -0.4 is 5.32 Å². The van der Waals surface area contributed by atoms with E-state index in [1.54, 1.807) is 0 Å². The van der Waals surface area contributed by atoms with Gasteiger partial charge >= 0.3 is 0 Å². The number of aryl methyl sites for hydroxylation is 1. The molecule has 0 bridgehead atoms. The summed E-state index contributed by atoms with van der Waals surface area (Å²) in [6.07, 6.45) is 2.32. The van der Waals surface area contributed by atoms with Crippen LogP contribution in [0.1, 0.15) is 24.7 Å². The Balaban J connectivity index is 1.30. The lowest BCUT2D eigenvalue weighted by atomic mass is 10.3. The van der Waals surface area contributed by atoms with E-state index in [1.165, 1.54) is 11.8 Å². The Labute approximate surface area is 167 Å². The van der Waals surface area contributed by atoms with Crippen molar-refractivity contribution >= 4 is 34.7 Å². The molecule has 3 aromatic rings. The Morgan fingerprint density at radius 2 is 1.75 bits per heavy atom. The molecular formula is C20H20N6OS. The average molecular weight is 392 g/mol. The number of amides is 1. The first-order chi connectivity index (χ1) is 13.7. The molecule has 0 radical (unpaired) electrons. The molecule has 1 saturated carbocycles. The second kappa shape index (κ2) is 8.35. The Morgan fingerprint density at radius 1 is 1.07 bits per heavy atom. The SMILES string of the molecule is Cc1nnc(SCC(=O)Nc2ccc(N=Nc3ccccc3)cc2)n1C1CC1. The van der Waals surface area contributed by atoms with Gasteiger partial charge in [-0.1, -0.05) is 30.0 Å². The molecule has 0 spiro atoms. The summed E-state index contributed by atoms with van der Waals surface area (Å²) in [7, 11) is 0. The third kappa shape index (κ3) is 4.64. The van der Waals surface area contributed by atoms with Gasteiger partial charge in [-0.2, -0.15) is 10.2 Å². The summed E-state index contributed by atoms with van der Waals surface area (Å²) < 4.78 is 2.13. The number of anilines is 1. The number of thioether (sulfide) groups is 1. The summed E-state index contributed by atoms with van der Waals surface area (Å²) in [5.41, 5.74) is 2.25. The number of benzene rings is 2. The van der Waals surface area contributed by atoms with Crippen LogP contribution in [0.5, 0.6) is 0 Å². The highest BCUT2D eigenvalue weighted by Crippen LogP contribution is 2.38. The molecule has 1 heterocycles. The van der Waals surface area contributed by atoms with Crippen molar-refractivity contribution in [2.24, 2.45) is 10.2 Å². The molecule has 1 amide bonds.